The molecule has 0 radical (unpaired) electrons. The van der Waals surface area contributed by atoms with Gasteiger partial charge in [0.15, 0.2) is 0 Å². The van der Waals surface area contributed by atoms with Crippen LogP contribution in [0.1, 0.15) is 88.2 Å². The number of carbonyl (C=O) groups excluding carboxylic acids is 4. The van der Waals surface area contributed by atoms with E-state index in [-0.39, 0.29) is 41.8 Å². The fourth-order valence-corrected chi connectivity index (χ4v) is 12.6. The molecular weight excluding hydrogens is 903 g/mol. The van der Waals surface area contributed by atoms with E-state index in [1.807, 2.05) is 49.9 Å². The van der Waals surface area contributed by atoms with Gasteiger partial charge in [0.25, 0.3) is 0 Å². The van der Waals surface area contributed by atoms with Crippen LogP contribution in [0.4, 0.5) is 9.59 Å². The average molecular weight is 956 g/mol. The summed E-state index contributed by atoms with van der Waals surface area (Å²) in [6.45, 7) is 8.23. The lowest BCUT2D eigenvalue weighted by Crippen LogP contribution is -2.52. The van der Waals surface area contributed by atoms with Gasteiger partial charge in [-0.05, 0) is 91.3 Å². The predicted molar refractivity (Wildman–Crippen MR) is 259 cm³/mol. The van der Waals surface area contributed by atoms with Crippen molar-refractivity contribution in [2.24, 2.45) is 17.8 Å². The normalized spacial score (nSPS) is 21.4. The highest BCUT2D eigenvalue weighted by Crippen LogP contribution is 2.54. The van der Waals surface area contributed by atoms with Crippen LogP contribution < -0.4 is 15.4 Å². The summed E-state index contributed by atoms with van der Waals surface area (Å²) in [5.41, 5.74) is 6.44. The Morgan fingerprint density at radius 2 is 1.62 bits per heavy atom. The van der Waals surface area contributed by atoms with Crippen LogP contribution in [-0.2, 0) is 19.1 Å². The molecule has 18 heteroatoms. The second kappa shape index (κ2) is 17.1. The third-order valence-electron chi connectivity index (χ3n) is 14.1. The number of piperidine rings is 1. The number of alkyl carbamates (subject to hydrolysis) is 2. The van der Waals surface area contributed by atoms with Crippen molar-refractivity contribution >= 4 is 67.0 Å². The highest BCUT2D eigenvalue weighted by molar-refractivity contribution is 7.27. The Balaban J connectivity index is 0.899. The minimum absolute atomic E-state index is 0.111. The number of methoxy groups -OCH3 is 2. The molecular formula is C50H53N9O7S2. The van der Waals surface area contributed by atoms with Gasteiger partial charge >= 0.3 is 12.2 Å². The molecule has 7 atom stereocenters. The number of nitrogens with zero attached hydrogens (tertiary/aromatic N) is 5. The van der Waals surface area contributed by atoms with Gasteiger partial charge in [0.05, 0.1) is 60.0 Å². The smallest absolute Gasteiger partial charge is 0.407 e. The maximum atomic E-state index is 14.0. The van der Waals surface area contributed by atoms with Gasteiger partial charge in [0.1, 0.15) is 29.5 Å². The van der Waals surface area contributed by atoms with E-state index < -0.39 is 30.5 Å². The molecule has 0 bridgehead atoms. The zero-order chi connectivity index (χ0) is 47.1. The number of amides is 4. The van der Waals surface area contributed by atoms with Crippen molar-refractivity contribution in [1.29, 1.82) is 0 Å². The number of H-pyrrole nitrogens is 2. The molecule has 68 heavy (non-hydrogen) atoms. The first-order valence-electron chi connectivity index (χ1n) is 23.2. The summed E-state index contributed by atoms with van der Waals surface area (Å²) >= 11 is 3.45. The first-order chi connectivity index (χ1) is 32.9. The lowest BCUT2D eigenvalue weighted by molar-refractivity contribution is -0.137. The minimum Gasteiger partial charge on any atom is -0.464 e. The zero-order valence-electron chi connectivity index (χ0n) is 38.6. The average Bonchev–Trinajstić information content (AvgIpc) is 4.13. The van der Waals surface area contributed by atoms with E-state index in [4.69, 9.17) is 24.2 Å². The quantitative estimate of drug-likeness (QED) is 0.0979. The van der Waals surface area contributed by atoms with E-state index in [0.717, 1.165) is 86.8 Å². The van der Waals surface area contributed by atoms with Crippen molar-refractivity contribution in [2.75, 3.05) is 20.8 Å². The molecule has 4 N–H and O–H groups in total. The molecule has 4 aliphatic rings. The maximum Gasteiger partial charge on any atom is 0.407 e. The lowest BCUT2D eigenvalue weighted by atomic mass is 10.0. The molecule has 2 saturated heterocycles. The molecule has 2 aromatic carbocycles. The van der Waals surface area contributed by atoms with Crippen molar-refractivity contribution in [1.82, 2.24) is 44.9 Å². The van der Waals surface area contributed by atoms with Crippen LogP contribution in [0.25, 0.3) is 54.1 Å². The summed E-state index contributed by atoms with van der Waals surface area (Å²) in [5.74, 6) is 2.07. The van der Waals surface area contributed by atoms with Crippen LogP contribution in [0.2, 0.25) is 0 Å². The Hall–Kier alpha value is -6.66. The van der Waals surface area contributed by atoms with Crippen molar-refractivity contribution in [3.8, 4) is 39.5 Å². The molecule has 3 aliphatic heterocycles. The van der Waals surface area contributed by atoms with E-state index >= 15 is 0 Å². The molecule has 7 aromatic rings. The topological polar surface area (TPSA) is 189 Å². The van der Waals surface area contributed by atoms with E-state index in [1.165, 1.54) is 23.6 Å². The van der Waals surface area contributed by atoms with Crippen molar-refractivity contribution in [3.63, 3.8) is 0 Å². The Morgan fingerprint density at radius 1 is 0.853 bits per heavy atom. The minimum atomic E-state index is -0.720. The van der Waals surface area contributed by atoms with E-state index in [9.17, 15) is 19.2 Å². The number of carbonyl (C=O) groups is 4. The number of thiophene rings is 2. The van der Waals surface area contributed by atoms with Gasteiger partial charge in [-0.3, -0.25) is 14.2 Å². The molecule has 1 aliphatic carbocycles. The number of imidazole rings is 2. The summed E-state index contributed by atoms with van der Waals surface area (Å²) < 4.78 is 21.4. The molecule has 4 amide bonds. The summed E-state index contributed by atoms with van der Waals surface area (Å²) in [5, 5.41) is 8.64. The standard InChI is InChI=1S/C50H53N9O7S2/c1-24(2)42(55-49(62)64-5)46(60)57-14-7-8-34(57)44-51-23-32(53-44)27-9-11-30-36-18-28-16-26(10-12-33(28)59(36)48(66-38(30)20-27)41-21-40-39(68-41)13-15-67-40)31-22-52-45(54-31)37-19-29-17-35(29)58(37)47(61)43(25(3)4)56-50(63)65-6/h9-13,15-16,18,20-25,29,34-35,37,42-43,48H,7-8,14,17,19H2,1-6H3,(H,51,53)(H,52,54)(H,55,62)(H,56,63)/t29-,34+,35-,37+,42+,43+,48?/m1/s1. The Kier molecular flexibility index (Phi) is 11.1. The van der Waals surface area contributed by atoms with Gasteiger partial charge in [-0.2, -0.15) is 0 Å². The number of rotatable bonds is 11. The monoisotopic (exact) mass is 955 g/mol. The molecule has 8 heterocycles. The van der Waals surface area contributed by atoms with Gasteiger partial charge in [0, 0.05) is 50.3 Å². The molecule has 5 aromatic heterocycles. The van der Waals surface area contributed by atoms with Gasteiger partial charge in [0.2, 0.25) is 18.0 Å². The Bertz CT molecular complexity index is 3080. The fraction of sp³-hybridized carbons (Fsp3) is 0.400. The highest BCUT2D eigenvalue weighted by Gasteiger charge is 2.56. The van der Waals surface area contributed by atoms with Crippen molar-refractivity contribution in [3.05, 3.63) is 88.9 Å². The Labute approximate surface area is 400 Å². The Morgan fingerprint density at radius 3 is 2.37 bits per heavy atom. The van der Waals surface area contributed by atoms with Gasteiger partial charge in [-0.25, -0.2) is 19.6 Å². The first-order valence-corrected chi connectivity index (χ1v) is 24.9. The number of benzene rings is 2. The van der Waals surface area contributed by atoms with E-state index in [2.05, 4.69) is 85.1 Å². The SMILES string of the molecule is COC(=O)N[C@H](C(=O)N1CCC[C@H]1c1ncc(-c2ccc3c(c2)OC(c2cc4sccc4s2)n2c-3cc3cc(-c4c[nH]c([C@@H]5C[C@H]6C[C@H]6N5C(=O)[C@@H](NC(=O)OC)C(C)C)n4)ccc32)[nH]1)C(C)C. The molecule has 1 unspecified atom stereocenters. The molecule has 0 spiro atoms. The summed E-state index contributed by atoms with van der Waals surface area (Å²) in [4.78, 5) is 73.9. The third-order valence-corrected chi connectivity index (χ3v) is 16.2. The van der Waals surface area contributed by atoms with Gasteiger partial charge in [-0.1, -0.05) is 39.8 Å². The molecule has 16 nitrogen and oxygen atoms in total. The number of ether oxygens (including phenoxy) is 3. The predicted octanol–water partition coefficient (Wildman–Crippen LogP) is 9.39. The number of hydrogen-bond acceptors (Lipinski definition) is 11. The van der Waals surface area contributed by atoms with Gasteiger partial charge < -0.3 is 44.6 Å². The van der Waals surface area contributed by atoms with E-state index in [1.54, 1.807) is 22.7 Å². The highest BCUT2D eigenvalue weighted by atomic mass is 32.1. The number of aromatic amines is 2. The van der Waals surface area contributed by atoms with Crippen LogP contribution in [-0.4, -0.2) is 97.2 Å². The van der Waals surface area contributed by atoms with Crippen LogP contribution in [0.3, 0.4) is 0 Å². The second-order valence-corrected chi connectivity index (χ2v) is 21.0. The number of aromatic nitrogens is 5. The van der Waals surface area contributed by atoms with Crippen LogP contribution >= 0.6 is 22.7 Å². The van der Waals surface area contributed by atoms with E-state index in [0.29, 0.717) is 18.3 Å². The second-order valence-electron chi connectivity index (χ2n) is 19.0. The zero-order valence-corrected chi connectivity index (χ0v) is 40.2. The van der Waals surface area contributed by atoms with Crippen LogP contribution in [0.5, 0.6) is 5.75 Å². The number of nitrogens with one attached hydrogen (secondary N) is 4. The summed E-state index contributed by atoms with van der Waals surface area (Å²) in [6.07, 6.45) is 5.39. The van der Waals surface area contributed by atoms with Crippen LogP contribution in [0, 0.1) is 17.8 Å². The number of hydrogen-bond donors (Lipinski definition) is 4. The van der Waals surface area contributed by atoms with Crippen LogP contribution in [0.15, 0.2) is 72.4 Å². The largest absolute Gasteiger partial charge is 0.464 e. The molecule has 11 rings (SSSR count). The first kappa shape index (κ1) is 43.9. The third kappa shape index (κ3) is 7.57. The van der Waals surface area contributed by atoms with Crippen molar-refractivity contribution in [2.45, 2.75) is 89.8 Å². The lowest BCUT2D eigenvalue weighted by Gasteiger charge is -2.31. The summed E-state index contributed by atoms with van der Waals surface area (Å²) in [7, 11) is 2.60. The van der Waals surface area contributed by atoms with Gasteiger partial charge in [-0.15, -0.1) is 22.7 Å². The fourth-order valence-electron chi connectivity index (χ4n) is 10.5. The summed E-state index contributed by atoms with van der Waals surface area (Å²) in [6, 6.07) is 17.5. The number of fused-ring (bicyclic) bond motifs is 7. The maximum absolute atomic E-state index is 14.0. The van der Waals surface area contributed by atoms with Crippen molar-refractivity contribution < 1.29 is 33.4 Å². The molecule has 3 fully saturated rings. The molecule has 1 saturated carbocycles. The number of likely N-dealkylation sites (tertiary alicyclic amines) is 2. The molecule has 352 valence electrons.